The number of benzene rings is 1. The van der Waals surface area contributed by atoms with Gasteiger partial charge in [-0.1, -0.05) is 12.1 Å². The highest BCUT2D eigenvalue weighted by atomic mass is 19.2. The molecule has 1 aromatic carbocycles. The van der Waals surface area contributed by atoms with E-state index >= 15 is 0 Å². The topological polar surface area (TPSA) is 94.7 Å². The van der Waals surface area contributed by atoms with Gasteiger partial charge in [0.15, 0.2) is 29.7 Å². The summed E-state index contributed by atoms with van der Waals surface area (Å²) in [6, 6.07) is 8.17. The number of aliphatic imine (C=N–C) groups is 1. The molecule has 9 nitrogen and oxygen atoms in total. The van der Waals surface area contributed by atoms with Gasteiger partial charge in [0, 0.05) is 69.6 Å². The van der Waals surface area contributed by atoms with E-state index in [0.29, 0.717) is 68.3 Å². The van der Waals surface area contributed by atoms with E-state index in [1.54, 1.807) is 19.4 Å². The van der Waals surface area contributed by atoms with Crippen molar-refractivity contribution in [2.45, 2.75) is 75.5 Å². The molecule has 0 bridgehead atoms. The van der Waals surface area contributed by atoms with Gasteiger partial charge in [-0.15, -0.1) is 10.2 Å². The quantitative estimate of drug-likeness (QED) is 0.429. The third-order valence-corrected chi connectivity index (χ3v) is 8.96. The fraction of sp³-hybridized carbons (Fsp3) is 0.500. The Balaban J connectivity index is 1.23. The number of pyridine rings is 1. The molecule has 1 saturated heterocycles. The van der Waals surface area contributed by atoms with E-state index in [2.05, 4.69) is 20.2 Å². The molecule has 3 aliphatic heterocycles. The fourth-order valence-corrected chi connectivity index (χ4v) is 6.40. The molecule has 5 heterocycles. The number of nitrogens with zero attached hydrogens (tertiary/aromatic N) is 6. The van der Waals surface area contributed by atoms with E-state index in [9.17, 15) is 13.6 Å². The highest BCUT2D eigenvalue weighted by Gasteiger charge is 2.43. The number of carbonyl (C=O) groups excluding carboxylic acids is 1. The van der Waals surface area contributed by atoms with E-state index in [0.717, 1.165) is 11.6 Å². The van der Waals surface area contributed by atoms with Crippen molar-refractivity contribution in [1.82, 2.24) is 24.6 Å². The highest BCUT2D eigenvalue weighted by Crippen LogP contribution is 2.43. The van der Waals surface area contributed by atoms with Crippen LogP contribution in [0.3, 0.4) is 0 Å². The SMILES string of the molecule is COC(C)(C)c1nnc2n1C[C@H](c1cccc(F)c1F)CC[C@H]2CC(=O)N1CCC2(CC1)OC=Nc1ncccc12. The summed E-state index contributed by atoms with van der Waals surface area (Å²) in [5.74, 6) is -0.263. The lowest BCUT2D eigenvalue weighted by atomic mass is 9.83. The van der Waals surface area contributed by atoms with E-state index in [1.807, 2.05) is 35.4 Å². The van der Waals surface area contributed by atoms with Crippen LogP contribution in [-0.2, 0) is 32.0 Å². The maximum atomic E-state index is 14.9. The van der Waals surface area contributed by atoms with Crippen LogP contribution in [0.15, 0.2) is 41.5 Å². The smallest absolute Gasteiger partial charge is 0.223 e. The van der Waals surface area contributed by atoms with Crippen LogP contribution in [0, 0.1) is 11.6 Å². The fourth-order valence-electron chi connectivity index (χ4n) is 6.40. The van der Waals surface area contributed by atoms with Crippen LogP contribution in [0.25, 0.3) is 0 Å². The Morgan fingerprint density at radius 1 is 1.15 bits per heavy atom. The standard InChI is InChI=1S/C30H34F2N6O3/c1-29(2,40-3)28-36-35-27-19(9-10-20(17-38(27)28)21-6-4-8-23(31)25(21)32)16-24(39)37-14-11-30(12-15-37)22-7-5-13-33-26(22)34-18-41-30/h4-8,13,18-20H,9-12,14-17H2,1-3H3/t19-,20+/m0/s1. The number of likely N-dealkylation sites (tertiary alicyclic amines) is 1. The molecule has 1 spiro atoms. The van der Waals surface area contributed by atoms with Crippen LogP contribution in [0.1, 0.15) is 80.6 Å². The van der Waals surface area contributed by atoms with E-state index in [4.69, 9.17) is 9.47 Å². The predicted molar refractivity (Wildman–Crippen MR) is 147 cm³/mol. The van der Waals surface area contributed by atoms with Gasteiger partial charge in [-0.05, 0) is 50.5 Å². The van der Waals surface area contributed by atoms with Crippen LogP contribution in [0.4, 0.5) is 14.6 Å². The van der Waals surface area contributed by atoms with Crippen molar-refractivity contribution in [3.8, 4) is 0 Å². The molecule has 41 heavy (non-hydrogen) atoms. The molecule has 2 aromatic heterocycles. The van der Waals surface area contributed by atoms with E-state index < -0.39 is 22.8 Å². The minimum atomic E-state index is -0.866. The second-order valence-corrected chi connectivity index (χ2v) is 11.6. The second-order valence-electron chi connectivity index (χ2n) is 11.6. The van der Waals surface area contributed by atoms with Crippen molar-refractivity contribution < 1.29 is 23.0 Å². The summed E-state index contributed by atoms with van der Waals surface area (Å²) in [5.41, 5.74) is -0.0153. The predicted octanol–water partition coefficient (Wildman–Crippen LogP) is 5.09. The summed E-state index contributed by atoms with van der Waals surface area (Å²) >= 11 is 0. The Kier molecular flexibility index (Phi) is 7.09. The zero-order chi connectivity index (χ0) is 28.8. The van der Waals surface area contributed by atoms with Gasteiger partial charge in [-0.2, -0.15) is 0 Å². The van der Waals surface area contributed by atoms with Gasteiger partial charge in [0.1, 0.15) is 17.0 Å². The van der Waals surface area contributed by atoms with Gasteiger partial charge < -0.3 is 18.9 Å². The average Bonchev–Trinajstić information content (AvgIpc) is 3.33. The number of aromatic nitrogens is 4. The van der Waals surface area contributed by atoms with Crippen LogP contribution >= 0.6 is 0 Å². The minimum Gasteiger partial charge on any atom is -0.472 e. The first-order valence-corrected chi connectivity index (χ1v) is 14.1. The summed E-state index contributed by atoms with van der Waals surface area (Å²) in [6.45, 7) is 5.23. The Morgan fingerprint density at radius 2 is 1.95 bits per heavy atom. The number of piperidine rings is 1. The summed E-state index contributed by atoms with van der Waals surface area (Å²) in [5, 5.41) is 8.98. The van der Waals surface area contributed by atoms with Crippen LogP contribution in [0.2, 0.25) is 0 Å². The molecule has 216 valence electrons. The third kappa shape index (κ3) is 4.90. The van der Waals surface area contributed by atoms with Crippen molar-refractivity contribution in [3.05, 3.63) is 70.9 Å². The van der Waals surface area contributed by atoms with Gasteiger partial charge in [-0.3, -0.25) is 4.79 Å². The molecule has 1 fully saturated rings. The molecule has 0 N–H and O–H groups in total. The number of amides is 1. The lowest BCUT2D eigenvalue weighted by Gasteiger charge is -2.42. The molecule has 3 aromatic rings. The molecule has 0 radical (unpaired) electrons. The number of ether oxygens (including phenoxy) is 2. The largest absolute Gasteiger partial charge is 0.472 e. The van der Waals surface area contributed by atoms with Crippen molar-refractivity contribution >= 4 is 18.1 Å². The lowest BCUT2D eigenvalue weighted by molar-refractivity contribution is -0.135. The molecular weight excluding hydrogens is 530 g/mol. The molecule has 0 saturated carbocycles. The number of fused-ring (bicyclic) bond motifs is 3. The monoisotopic (exact) mass is 564 g/mol. The van der Waals surface area contributed by atoms with Crippen molar-refractivity contribution in [2.75, 3.05) is 20.2 Å². The Bertz CT molecular complexity index is 1480. The van der Waals surface area contributed by atoms with Crippen LogP contribution in [-0.4, -0.2) is 57.2 Å². The first-order chi connectivity index (χ1) is 19.7. The van der Waals surface area contributed by atoms with Gasteiger partial charge in [0.05, 0.1) is 0 Å². The molecule has 0 unspecified atom stereocenters. The number of hydrogen-bond acceptors (Lipinski definition) is 7. The first kappa shape index (κ1) is 27.4. The second kappa shape index (κ2) is 10.6. The van der Waals surface area contributed by atoms with Crippen molar-refractivity contribution in [3.63, 3.8) is 0 Å². The summed E-state index contributed by atoms with van der Waals surface area (Å²) in [7, 11) is 1.60. The van der Waals surface area contributed by atoms with Gasteiger partial charge in [-0.25, -0.2) is 18.8 Å². The average molecular weight is 565 g/mol. The molecule has 2 atom stereocenters. The van der Waals surface area contributed by atoms with Gasteiger partial charge in [0.2, 0.25) is 5.91 Å². The zero-order valence-corrected chi connectivity index (χ0v) is 23.5. The molecule has 3 aliphatic rings. The third-order valence-electron chi connectivity index (χ3n) is 8.96. The first-order valence-electron chi connectivity index (χ1n) is 14.1. The summed E-state index contributed by atoms with van der Waals surface area (Å²) in [4.78, 5) is 24.2. The lowest BCUT2D eigenvalue weighted by Crippen LogP contribution is -2.47. The molecule has 1 amide bonds. The van der Waals surface area contributed by atoms with Crippen molar-refractivity contribution in [2.24, 2.45) is 4.99 Å². The Labute approximate surface area is 237 Å². The minimum absolute atomic E-state index is 0.0261. The zero-order valence-electron chi connectivity index (χ0n) is 23.5. The van der Waals surface area contributed by atoms with E-state index in [-0.39, 0.29) is 24.2 Å². The molecule has 6 rings (SSSR count). The van der Waals surface area contributed by atoms with Gasteiger partial charge in [0.25, 0.3) is 0 Å². The van der Waals surface area contributed by atoms with Gasteiger partial charge >= 0.3 is 0 Å². The number of hydrogen-bond donors (Lipinski definition) is 0. The maximum absolute atomic E-state index is 14.9. The molecule has 11 heteroatoms. The molecule has 0 aliphatic carbocycles. The number of halogens is 2. The Morgan fingerprint density at radius 3 is 2.73 bits per heavy atom. The van der Waals surface area contributed by atoms with Crippen LogP contribution in [0.5, 0.6) is 0 Å². The maximum Gasteiger partial charge on any atom is 0.223 e. The van der Waals surface area contributed by atoms with Crippen LogP contribution < -0.4 is 0 Å². The summed E-state index contributed by atoms with van der Waals surface area (Å²) in [6.07, 6.45) is 5.86. The number of rotatable bonds is 5. The number of methoxy groups -OCH3 is 1. The Hall–Kier alpha value is -3.73. The molecular formula is C30H34F2N6O3. The highest BCUT2D eigenvalue weighted by molar-refractivity contribution is 5.77. The summed E-state index contributed by atoms with van der Waals surface area (Å²) < 4.78 is 42.7. The van der Waals surface area contributed by atoms with E-state index in [1.165, 1.54) is 12.5 Å². The van der Waals surface area contributed by atoms with Crippen molar-refractivity contribution in [1.29, 1.82) is 0 Å². The number of carbonyl (C=O) groups is 1. The normalized spacial score (nSPS) is 21.6.